The maximum absolute atomic E-state index is 12.6. The van der Waals surface area contributed by atoms with Gasteiger partial charge in [0.15, 0.2) is 12.3 Å². The largest absolute Gasteiger partial charge is 0.497 e. The van der Waals surface area contributed by atoms with E-state index in [2.05, 4.69) is 15.7 Å². The Labute approximate surface area is 183 Å². The van der Waals surface area contributed by atoms with Crippen LogP contribution in [0.1, 0.15) is 30.4 Å². The van der Waals surface area contributed by atoms with Gasteiger partial charge in [0, 0.05) is 11.1 Å². The summed E-state index contributed by atoms with van der Waals surface area (Å²) in [5.41, 5.74) is 0.0178. The molecule has 0 saturated carbocycles. The van der Waals surface area contributed by atoms with Gasteiger partial charge in [-0.25, -0.2) is 14.3 Å². The van der Waals surface area contributed by atoms with E-state index in [0.717, 1.165) is 0 Å². The zero-order valence-corrected chi connectivity index (χ0v) is 17.7. The summed E-state index contributed by atoms with van der Waals surface area (Å²) in [7, 11) is 1.52. The monoisotopic (exact) mass is 438 g/mol. The first kappa shape index (κ1) is 22.5. The molecule has 10 nitrogen and oxygen atoms in total. The number of aromatic nitrogens is 2. The summed E-state index contributed by atoms with van der Waals surface area (Å²) < 4.78 is 11.2. The highest BCUT2D eigenvalue weighted by Crippen LogP contribution is 2.16. The van der Waals surface area contributed by atoms with E-state index >= 15 is 0 Å². The Balaban J connectivity index is 1.65. The first-order chi connectivity index (χ1) is 15.3. The second-order valence-electron chi connectivity index (χ2n) is 7.04. The van der Waals surface area contributed by atoms with Gasteiger partial charge >= 0.3 is 12.0 Å². The van der Waals surface area contributed by atoms with Crippen LogP contribution in [0.5, 0.6) is 5.75 Å². The van der Waals surface area contributed by atoms with E-state index in [1.807, 2.05) is 0 Å². The Hall–Kier alpha value is -4.21. The summed E-state index contributed by atoms with van der Waals surface area (Å²) in [6.07, 6.45) is 0. The summed E-state index contributed by atoms with van der Waals surface area (Å²) in [6, 6.07) is 11.9. The van der Waals surface area contributed by atoms with Crippen molar-refractivity contribution in [2.45, 2.75) is 19.9 Å². The Morgan fingerprint density at radius 1 is 1.03 bits per heavy atom. The second kappa shape index (κ2) is 9.73. The minimum absolute atomic E-state index is 0.0932. The van der Waals surface area contributed by atoms with E-state index < -0.39 is 24.5 Å². The van der Waals surface area contributed by atoms with E-state index in [9.17, 15) is 19.2 Å². The molecule has 0 saturated heterocycles. The van der Waals surface area contributed by atoms with Crippen LogP contribution in [0.3, 0.4) is 0 Å². The molecular weight excluding hydrogens is 416 g/mol. The highest BCUT2D eigenvalue weighted by molar-refractivity contribution is 6.04. The van der Waals surface area contributed by atoms with E-state index in [1.165, 1.54) is 11.8 Å². The number of fused-ring (bicyclic) bond motifs is 1. The van der Waals surface area contributed by atoms with Crippen molar-refractivity contribution >= 4 is 34.4 Å². The fourth-order valence-electron chi connectivity index (χ4n) is 2.91. The van der Waals surface area contributed by atoms with E-state index in [1.54, 1.807) is 62.4 Å². The topological polar surface area (TPSA) is 129 Å². The summed E-state index contributed by atoms with van der Waals surface area (Å²) in [5, 5.41) is 9.29. The molecule has 0 bridgehead atoms. The fraction of sp³-hybridized carbons (Fsp3) is 0.227. The lowest BCUT2D eigenvalue weighted by Crippen LogP contribution is -2.37. The first-order valence-corrected chi connectivity index (χ1v) is 9.73. The van der Waals surface area contributed by atoms with Crippen LogP contribution in [0.25, 0.3) is 10.8 Å². The number of amides is 3. The van der Waals surface area contributed by atoms with Crippen molar-refractivity contribution in [3.8, 4) is 5.75 Å². The highest BCUT2D eigenvalue weighted by atomic mass is 16.5. The maximum atomic E-state index is 12.6. The van der Waals surface area contributed by atoms with Crippen molar-refractivity contribution < 1.29 is 23.9 Å². The number of benzene rings is 2. The number of nitrogens with one attached hydrogen (secondary N) is 2. The lowest BCUT2D eigenvalue weighted by atomic mass is 10.1. The molecule has 0 unspecified atom stereocenters. The van der Waals surface area contributed by atoms with Crippen molar-refractivity contribution in [1.29, 1.82) is 0 Å². The van der Waals surface area contributed by atoms with Crippen LogP contribution in [0.15, 0.2) is 53.3 Å². The molecule has 0 radical (unpaired) electrons. The normalized spacial score (nSPS) is 10.6. The predicted molar refractivity (Wildman–Crippen MR) is 117 cm³/mol. The molecule has 0 spiro atoms. The molecule has 0 aliphatic rings. The van der Waals surface area contributed by atoms with E-state index in [4.69, 9.17) is 9.47 Å². The van der Waals surface area contributed by atoms with Gasteiger partial charge in [-0.05, 0) is 44.2 Å². The lowest BCUT2D eigenvalue weighted by molar-refractivity contribution is -0.123. The fourth-order valence-corrected chi connectivity index (χ4v) is 2.91. The third-order valence-electron chi connectivity index (χ3n) is 4.45. The number of carbonyl (C=O) groups is 3. The quantitative estimate of drug-likeness (QED) is 0.566. The minimum atomic E-state index is -0.888. The third-order valence-corrected chi connectivity index (χ3v) is 4.45. The average molecular weight is 438 g/mol. The average Bonchev–Trinajstić information content (AvgIpc) is 2.78. The number of urea groups is 1. The van der Waals surface area contributed by atoms with Gasteiger partial charge in [-0.1, -0.05) is 18.2 Å². The number of hydrogen-bond acceptors (Lipinski definition) is 7. The molecule has 3 rings (SSSR count). The van der Waals surface area contributed by atoms with Crippen LogP contribution in [-0.4, -0.2) is 41.4 Å². The lowest BCUT2D eigenvalue weighted by Gasteiger charge is -2.13. The number of imide groups is 1. The first-order valence-electron chi connectivity index (χ1n) is 9.73. The Bertz CT molecular complexity index is 1220. The van der Waals surface area contributed by atoms with Gasteiger partial charge in [-0.2, -0.15) is 5.10 Å². The summed E-state index contributed by atoms with van der Waals surface area (Å²) >= 11 is 0. The van der Waals surface area contributed by atoms with Gasteiger partial charge in [0.2, 0.25) is 0 Å². The van der Waals surface area contributed by atoms with Gasteiger partial charge in [0.1, 0.15) is 5.75 Å². The number of esters is 1. The number of rotatable bonds is 6. The van der Waals surface area contributed by atoms with Gasteiger partial charge in [0.05, 0.1) is 18.5 Å². The van der Waals surface area contributed by atoms with Gasteiger partial charge < -0.3 is 14.8 Å². The third kappa shape index (κ3) is 5.09. The van der Waals surface area contributed by atoms with Crippen LogP contribution in [0, 0.1) is 0 Å². The van der Waals surface area contributed by atoms with Crippen LogP contribution in [-0.2, 0) is 9.53 Å². The van der Waals surface area contributed by atoms with Crippen LogP contribution < -0.4 is 20.9 Å². The van der Waals surface area contributed by atoms with Crippen LogP contribution >= 0.6 is 0 Å². The van der Waals surface area contributed by atoms with Gasteiger partial charge in [0.25, 0.3) is 11.5 Å². The second-order valence-corrected chi connectivity index (χ2v) is 7.04. The number of anilines is 1. The van der Waals surface area contributed by atoms with Crippen LogP contribution in [0.4, 0.5) is 10.5 Å². The van der Waals surface area contributed by atoms with Crippen molar-refractivity contribution in [1.82, 2.24) is 15.1 Å². The molecule has 0 aliphatic heterocycles. The number of ether oxygens (including phenoxy) is 2. The molecule has 1 aromatic heterocycles. The molecule has 3 amide bonds. The minimum Gasteiger partial charge on any atom is -0.497 e. The Kier molecular flexibility index (Phi) is 6.83. The smallest absolute Gasteiger partial charge is 0.359 e. The standard InChI is InChI=1S/C22H22N4O6/c1-13(2)26-20(28)17-7-5-4-6-16(17)19(25-26)21(29)32-12-18(27)24-22(30)23-14-8-10-15(31-3)11-9-14/h4-11,13H,12H2,1-3H3,(H2,23,24,27,30). The molecule has 2 aromatic carbocycles. The molecular formula is C22H22N4O6. The molecule has 0 atom stereocenters. The summed E-state index contributed by atoms with van der Waals surface area (Å²) in [6.45, 7) is 2.81. The van der Waals surface area contributed by atoms with Crippen LogP contribution in [0.2, 0.25) is 0 Å². The highest BCUT2D eigenvalue weighted by Gasteiger charge is 2.20. The Morgan fingerprint density at radius 3 is 2.31 bits per heavy atom. The molecule has 3 aromatic rings. The maximum Gasteiger partial charge on any atom is 0.359 e. The molecule has 2 N–H and O–H groups in total. The predicted octanol–water partition coefficient (Wildman–Crippen LogP) is 2.49. The molecule has 32 heavy (non-hydrogen) atoms. The van der Waals surface area contributed by atoms with Gasteiger partial charge in [-0.15, -0.1) is 0 Å². The van der Waals surface area contributed by atoms with Crippen molar-refractivity contribution in [2.75, 3.05) is 19.0 Å². The van der Waals surface area contributed by atoms with Gasteiger partial charge in [-0.3, -0.25) is 14.9 Å². The molecule has 0 fully saturated rings. The molecule has 10 heteroatoms. The molecule has 0 aliphatic carbocycles. The summed E-state index contributed by atoms with van der Waals surface area (Å²) in [4.78, 5) is 49.1. The van der Waals surface area contributed by atoms with E-state index in [-0.39, 0.29) is 17.3 Å². The zero-order valence-electron chi connectivity index (χ0n) is 17.7. The Morgan fingerprint density at radius 2 is 1.69 bits per heavy atom. The number of nitrogens with zero attached hydrogens (tertiary/aromatic N) is 2. The van der Waals surface area contributed by atoms with Crippen molar-refractivity contribution in [2.24, 2.45) is 0 Å². The van der Waals surface area contributed by atoms with Crippen molar-refractivity contribution in [3.05, 3.63) is 64.6 Å². The SMILES string of the molecule is COc1ccc(NC(=O)NC(=O)COC(=O)c2nn(C(C)C)c(=O)c3ccccc23)cc1. The number of hydrogen-bond donors (Lipinski definition) is 2. The van der Waals surface area contributed by atoms with Crippen molar-refractivity contribution in [3.63, 3.8) is 0 Å². The molecule has 166 valence electrons. The van der Waals surface area contributed by atoms with E-state index in [0.29, 0.717) is 22.2 Å². The number of methoxy groups -OCH3 is 1. The zero-order chi connectivity index (χ0) is 23.3. The number of carbonyl (C=O) groups excluding carboxylic acids is 3. The summed E-state index contributed by atoms with van der Waals surface area (Å²) in [5.74, 6) is -1.10. The molecule has 1 heterocycles.